The summed E-state index contributed by atoms with van der Waals surface area (Å²) in [5.74, 6) is -0.614. The zero-order valence-corrected chi connectivity index (χ0v) is 17.7. The molecule has 0 spiro atoms. The molecule has 30 heavy (non-hydrogen) atoms. The van der Waals surface area contributed by atoms with Crippen LogP contribution in [0.15, 0.2) is 36.0 Å². The molecule has 1 aliphatic carbocycles. The number of nitrogens with two attached hydrogens (primary N) is 1. The van der Waals surface area contributed by atoms with Crippen LogP contribution < -0.4 is 10.5 Å². The molecule has 1 saturated carbocycles. The van der Waals surface area contributed by atoms with Gasteiger partial charge in [-0.05, 0) is 43.2 Å². The van der Waals surface area contributed by atoms with Crippen molar-refractivity contribution in [1.82, 2.24) is 0 Å². The molecular weight excluding hydrogens is 389 g/mol. The SMILES string of the molecule is COC(=O)CCCCC[C@@H]1[C@@H](/C(N)=C/C(=O)COc2cccc(F)c2)[C@H](C)C[C@@H]1O. The van der Waals surface area contributed by atoms with Crippen LogP contribution >= 0.6 is 0 Å². The first-order chi connectivity index (χ1) is 14.3. The Labute approximate surface area is 177 Å². The molecule has 0 heterocycles. The number of carbonyl (C=O) groups is 2. The van der Waals surface area contributed by atoms with E-state index in [0.717, 1.165) is 25.7 Å². The summed E-state index contributed by atoms with van der Waals surface area (Å²) in [6, 6.07) is 5.60. The van der Waals surface area contributed by atoms with Crippen LogP contribution in [0.3, 0.4) is 0 Å². The Bertz CT molecular complexity index is 751. The lowest BCUT2D eigenvalue weighted by Crippen LogP contribution is -2.26. The summed E-state index contributed by atoms with van der Waals surface area (Å²) < 4.78 is 23.2. The molecule has 0 amide bonds. The quantitative estimate of drug-likeness (QED) is 0.323. The van der Waals surface area contributed by atoms with E-state index < -0.39 is 11.9 Å². The maximum absolute atomic E-state index is 13.2. The highest BCUT2D eigenvalue weighted by Crippen LogP contribution is 2.42. The fourth-order valence-electron chi connectivity index (χ4n) is 4.27. The molecular formula is C23H32FNO5. The molecule has 166 valence electrons. The summed E-state index contributed by atoms with van der Waals surface area (Å²) >= 11 is 0. The Balaban J connectivity index is 1.89. The van der Waals surface area contributed by atoms with Gasteiger partial charge in [-0.1, -0.05) is 25.8 Å². The van der Waals surface area contributed by atoms with Gasteiger partial charge in [0.1, 0.15) is 11.6 Å². The number of ketones is 1. The zero-order chi connectivity index (χ0) is 22.1. The van der Waals surface area contributed by atoms with Gasteiger partial charge in [-0.2, -0.15) is 0 Å². The third kappa shape index (κ3) is 7.13. The van der Waals surface area contributed by atoms with Crippen molar-refractivity contribution < 1.29 is 28.6 Å². The molecule has 3 N–H and O–H groups in total. The Hall–Kier alpha value is -2.41. The number of allylic oxidation sites excluding steroid dienone is 1. The number of benzene rings is 1. The van der Waals surface area contributed by atoms with Gasteiger partial charge < -0.3 is 20.3 Å². The first-order valence-electron chi connectivity index (χ1n) is 10.4. The van der Waals surface area contributed by atoms with E-state index in [1.807, 2.05) is 6.92 Å². The molecule has 1 aromatic rings. The van der Waals surface area contributed by atoms with E-state index in [1.54, 1.807) is 6.07 Å². The number of esters is 1. The zero-order valence-electron chi connectivity index (χ0n) is 17.7. The summed E-state index contributed by atoms with van der Waals surface area (Å²) in [5.41, 5.74) is 6.71. The molecule has 1 fully saturated rings. The summed E-state index contributed by atoms with van der Waals surface area (Å²) in [7, 11) is 1.38. The van der Waals surface area contributed by atoms with E-state index in [4.69, 9.17) is 10.5 Å². The summed E-state index contributed by atoms with van der Waals surface area (Å²) in [6.45, 7) is 1.80. The van der Waals surface area contributed by atoms with Crippen LogP contribution in [0.5, 0.6) is 5.75 Å². The summed E-state index contributed by atoms with van der Waals surface area (Å²) in [5, 5.41) is 10.5. The number of hydrogen-bond acceptors (Lipinski definition) is 6. The lowest BCUT2D eigenvalue weighted by molar-refractivity contribution is -0.140. The second-order valence-corrected chi connectivity index (χ2v) is 8.00. The number of carbonyl (C=O) groups excluding carboxylic acids is 2. The Morgan fingerprint density at radius 3 is 2.77 bits per heavy atom. The molecule has 0 saturated heterocycles. The van der Waals surface area contributed by atoms with Gasteiger partial charge in [0, 0.05) is 30.2 Å². The second kappa shape index (κ2) is 11.7. The fraction of sp³-hybridized carbons (Fsp3) is 0.565. The molecule has 0 radical (unpaired) electrons. The summed E-state index contributed by atoms with van der Waals surface area (Å²) in [6.07, 6.45) is 5.21. The monoisotopic (exact) mass is 421 g/mol. The Morgan fingerprint density at radius 1 is 1.30 bits per heavy atom. The normalized spacial score (nSPS) is 23.9. The van der Waals surface area contributed by atoms with Gasteiger partial charge in [0.2, 0.25) is 0 Å². The number of ether oxygens (including phenoxy) is 2. The molecule has 0 aliphatic heterocycles. The van der Waals surface area contributed by atoms with E-state index >= 15 is 0 Å². The number of hydrogen-bond donors (Lipinski definition) is 2. The van der Waals surface area contributed by atoms with E-state index in [9.17, 15) is 19.1 Å². The topological polar surface area (TPSA) is 98.9 Å². The molecule has 1 aromatic carbocycles. The Morgan fingerprint density at radius 2 is 2.07 bits per heavy atom. The lowest BCUT2D eigenvalue weighted by Gasteiger charge is -2.24. The number of methoxy groups -OCH3 is 1. The first kappa shape index (κ1) is 23.9. The first-order valence-corrected chi connectivity index (χ1v) is 10.4. The molecule has 6 nitrogen and oxygen atoms in total. The maximum atomic E-state index is 13.2. The van der Waals surface area contributed by atoms with Crippen LogP contribution in [-0.4, -0.2) is 36.7 Å². The van der Waals surface area contributed by atoms with Gasteiger partial charge >= 0.3 is 5.97 Å². The largest absolute Gasteiger partial charge is 0.485 e. The molecule has 0 aromatic heterocycles. The smallest absolute Gasteiger partial charge is 0.305 e. The van der Waals surface area contributed by atoms with Crippen molar-refractivity contribution in [2.24, 2.45) is 23.5 Å². The van der Waals surface area contributed by atoms with Gasteiger partial charge in [0.25, 0.3) is 0 Å². The highest BCUT2D eigenvalue weighted by molar-refractivity contribution is 5.91. The van der Waals surface area contributed by atoms with Crippen molar-refractivity contribution in [2.75, 3.05) is 13.7 Å². The van der Waals surface area contributed by atoms with E-state index in [2.05, 4.69) is 4.74 Å². The minimum Gasteiger partial charge on any atom is -0.485 e. The predicted molar refractivity (Wildman–Crippen MR) is 111 cm³/mol. The number of aliphatic hydroxyl groups excluding tert-OH is 1. The van der Waals surface area contributed by atoms with Gasteiger partial charge in [-0.3, -0.25) is 9.59 Å². The molecule has 0 unspecified atom stereocenters. The van der Waals surface area contributed by atoms with E-state index in [0.29, 0.717) is 18.5 Å². The number of unbranched alkanes of at least 4 members (excludes halogenated alkanes) is 2. The Kier molecular flexibility index (Phi) is 9.30. The van der Waals surface area contributed by atoms with Crippen molar-refractivity contribution in [1.29, 1.82) is 0 Å². The number of rotatable bonds is 11. The molecule has 4 atom stereocenters. The predicted octanol–water partition coefficient (Wildman–Crippen LogP) is 3.37. The summed E-state index contributed by atoms with van der Waals surface area (Å²) in [4.78, 5) is 23.5. The highest BCUT2D eigenvalue weighted by atomic mass is 19.1. The molecule has 7 heteroatoms. The van der Waals surface area contributed by atoms with E-state index in [-0.39, 0.29) is 41.9 Å². The average Bonchev–Trinajstić information content (AvgIpc) is 2.99. The van der Waals surface area contributed by atoms with E-state index in [1.165, 1.54) is 31.4 Å². The minimum absolute atomic E-state index is 0.0219. The van der Waals surface area contributed by atoms with Crippen LogP contribution in [0.1, 0.15) is 45.4 Å². The van der Waals surface area contributed by atoms with Crippen molar-refractivity contribution >= 4 is 11.8 Å². The van der Waals surface area contributed by atoms with Crippen LogP contribution in [0, 0.1) is 23.6 Å². The van der Waals surface area contributed by atoms with Crippen molar-refractivity contribution in [3.8, 4) is 5.75 Å². The maximum Gasteiger partial charge on any atom is 0.305 e. The van der Waals surface area contributed by atoms with Crippen molar-refractivity contribution in [2.45, 2.75) is 51.6 Å². The number of aliphatic hydroxyl groups is 1. The van der Waals surface area contributed by atoms with Gasteiger partial charge in [-0.25, -0.2) is 4.39 Å². The third-order valence-corrected chi connectivity index (χ3v) is 5.72. The number of halogens is 1. The molecule has 1 aliphatic rings. The standard InChI is InChI=1S/C23H32FNO5/c1-15-11-21(27)19(9-4-3-5-10-22(28)29-2)23(15)20(25)13-17(26)14-30-18-8-6-7-16(24)12-18/h6-8,12-13,15,19,21,23,27H,3-5,9-11,14,25H2,1-2H3/b20-13-/t15-,19+,21+,23+/m1/s1. The molecule has 0 bridgehead atoms. The molecule has 2 rings (SSSR count). The fourth-order valence-corrected chi connectivity index (χ4v) is 4.27. The lowest BCUT2D eigenvalue weighted by atomic mass is 9.83. The minimum atomic E-state index is -0.462. The van der Waals surface area contributed by atoms with Crippen LogP contribution in [0.4, 0.5) is 4.39 Å². The van der Waals surface area contributed by atoms with Crippen molar-refractivity contribution in [3.63, 3.8) is 0 Å². The third-order valence-electron chi connectivity index (χ3n) is 5.72. The van der Waals surface area contributed by atoms with Gasteiger partial charge in [-0.15, -0.1) is 0 Å². The van der Waals surface area contributed by atoms with Crippen LogP contribution in [0.25, 0.3) is 0 Å². The van der Waals surface area contributed by atoms with Crippen LogP contribution in [-0.2, 0) is 14.3 Å². The average molecular weight is 422 g/mol. The second-order valence-electron chi connectivity index (χ2n) is 8.00. The van der Waals surface area contributed by atoms with Gasteiger partial charge in [0.15, 0.2) is 12.4 Å². The highest BCUT2D eigenvalue weighted by Gasteiger charge is 2.41. The van der Waals surface area contributed by atoms with Crippen LogP contribution in [0.2, 0.25) is 0 Å². The van der Waals surface area contributed by atoms with Gasteiger partial charge in [0.05, 0.1) is 13.2 Å². The van der Waals surface area contributed by atoms with Crippen molar-refractivity contribution in [3.05, 3.63) is 41.9 Å².